The number of carbonyl (C=O) groups is 3. The van der Waals surface area contributed by atoms with Gasteiger partial charge in [0.1, 0.15) is 11.9 Å². The molecule has 3 heterocycles. The lowest BCUT2D eigenvalue weighted by Crippen LogP contribution is -2.62. The molecule has 1 atom stereocenters. The van der Waals surface area contributed by atoms with Gasteiger partial charge in [0.2, 0.25) is 5.91 Å². The summed E-state index contributed by atoms with van der Waals surface area (Å²) in [4.78, 5) is 45.2. The largest absolute Gasteiger partial charge is 0.344 e. The summed E-state index contributed by atoms with van der Waals surface area (Å²) in [6, 6.07) is 6.23. The van der Waals surface area contributed by atoms with E-state index in [1.54, 1.807) is 20.7 Å². The maximum absolute atomic E-state index is 13.6. The van der Waals surface area contributed by atoms with E-state index < -0.39 is 16.8 Å². The molecule has 0 bridgehead atoms. The minimum Gasteiger partial charge on any atom is -0.338 e. The maximum atomic E-state index is 13.6. The van der Waals surface area contributed by atoms with Gasteiger partial charge in [0.05, 0.1) is 18.4 Å². The molecule has 0 saturated carbocycles. The molecule has 1 aromatic heterocycles. The Morgan fingerprint density at radius 1 is 1.14 bits per heavy atom. The van der Waals surface area contributed by atoms with Crippen molar-refractivity contribution in [1.29, 1.82) is 0 Å². The number of nitrogens with one attached hydrogen (secondary N) is 2. The Kier molecular flexibility index (Phi) is 7.62. The molecule has 2 N–H and O–H groups in total. The highest BCUT2D eigenvalue weighted by Crippen LogP contribution is 2.28. The number of halogens is 1. The van der Waals surface area contributed by atoms with Gasteiger partial charge in [-0.1, -0.05) is 0 Å². The van der Waals surface area contributed by atoms with Crippen LogP contribution in [0.5, 0.6) is 0 Å². The van der Waals surface area contributed by atoms with Gasteiger partial charge in [-0.25, -0.2) is 24.1 Å². The molecular weight excluding hydrogens is 581 g/mol. The smallest absolute Gasteiger partial charge is 0.338 e. The molecule has 0 radical (unpaired) electrons. The van der Waals surface area contributed by atoms with E-state index in [4.69, 9.17) is 0 Å². The number of rotatable bonds is 6. The number of hydrogen-bond donors (Lipinski definition) is 2. The van der Waals surface area contributed by atoms with Crippen LogP contribution in [-0.4, -0.2) is 85.7 Å². The first kappa shape index (κ1) is 25.8. The molecule has 4 rings (SSSR count). The summed E-state index contributed by atoms with van der Waals surface area (Å²) in [7, 11) is 0. The van der Waals surface area contributed by atoms with Crippen LogP contribution in [0.25, 0.3) is 0 Å². The van der Waals surface area contributed by atoms with Crippen molar-refractivity contribution >= 4 is 58.0 Å². The van der Waals surface area contributed by atoms with Crippen molar-refractivity contribution < 1.29 is 14.4 Å². The average molecular weight is 612 g/mol. The number of anilines is 1. The standard InChI is InChI=1S/C23H30IN7O3S/c1-15-25-13-18-14-30(22(34)31(15)18)29-11-9-28(10-12-29)20(32)19(23(2,3)35-4)27-21(33)26-17-7-5-16(24)6-8-17/h5-8,13,19H,9-12,14H2,1-4H3,(H2,26,27,33)/t19-/m0/s1. The second kappa shape index (κ2) is 10.3. The lowest BCUT2D eigenvalue weighted by Gasteiger charge is -2.42. The highest BCUT2D eigenvalue weighted by molar-refractivity contribution is 14.1. The fourth-order valence-corrected chi connectivity index (χ4v) is 5.00. The number of amides is 4. The maximum Gasteiger partial charge on any atom is 0.344 e. The summed E-state index contributed by atoms with van der Waals surface area (Å²) in [5.74, 6) is 0.554. The van der Waals surface area contributed by atoms with Gasteiger partial charge < -0.3 is 15.5 Å². The monoisotopic (exact) mass is 611 g/mol. The van der Waals surface area contributed by atoms with Crippen molar-refractivity contribution in [2.45, 2.75) is 38.1 Å². The van der Waals surface area contributed by atoms with Crippen LogP contribution < -0.4 is 10.6 Å². The Bertz CT molecular complexity index is 1110. The van der Waals surface area contributed by atoms with E-state index in [-0.39, 0.29) is 11.9 Å². The molecule has 1 fully saturated rings. The summed E-state index contributed by atoms with van der Waals surface area (Å²) in [5, 5.41) is 9.44. The molecule has 1 aromatic carbocycles. The van der Waals surface area contributed by atoms with Crippen LogP contribution in [0.1, 0.15) is 25.4 Å². The molecule has 188 valence electrons. The first-order chi connectivity index (χ1) is 16.6. The van der Waals surface area contributed by atoms with Crippen LogP contribution in [0.3, 0.4) is 0 Å². The van der Waals surface area contributed by atoms with E-state index in [0.29, 0.717) is 44.2 Å². The number of thioether (sulfide) groups is 1. The molecule has 0 aliphatic carbocycles. The van der Waals surface area contributed by atoms with Gasteiger partial charge in [0.15, 0.2) is 0 Å². The Labute approximate surface area is 222 Å². The van der Waals surface area contributed by atoms with E-state index in [2.05, 4.69) is 38.2 Å². The van der Waals surface area contributed by atoms with E-state index in [1.807, 2.05) is 56.3 Å². The number of urea groups is 1. The van der Waals surface area contributed by atoms with Gasteiger partial charge in [-0.15, -0.1) is 0 Å². The summed E-state index contributed by atoms with van der Waals surface area (Å²) >= 11 is 3.74. The molecule has 35 heavy (non-hydrogen) atoms. The number of aryl methyl sites for hydroxylation is 1. The predicted octanol–water partition coefficient (Wildman–Crippen LogP) is 2.97. The zero-order valence-corrected chi connectivity index (χ0v) is 23.2. The van der Waals surface area contributed by atoms with Gasteiger partial charge in [0.25, 0.3) is 0 Å². The molecule has 2 aliphatic heterocycles. The number of piperazine rings is 1. The quantitative estimate of drug-likeness (QED) is 0.488. The number of nitrogens with zero attached hydrogens (tertiary/aromatic N) is 5. The average Bonchev–Trinajstić information content (AvgIpc) is 3.38. The van der Waals surface area contributed by atoms with E-state index >= 15 is 0 Å². The molecule has 2 aliphatic rings. The number of fused-ring (bicyclic) bond motifs is 1. The van der Waals surface area contributed by atoms with Gasteiger partial charge in [-0.05, 0) is 73.9 Å². The first-order valence-electron chi connectivity index (χ1n) is 11.4. The molecule has 1 saturated heterocycles. The fourth-order valence-electron chi connectivity index (χ4n) is 4.24. The molecule has 12 heteroatoms. The minimum atomic E-state index is -0.712. The molecule has 4 amide bonds. The summed E-state index contributed by atoms with van der Waals surface area (Å²) in [6.45, 7) is 8.22. The van der Waals surface area contributed by atoms with Crippen molar-refractivity contribution in [3.63, 3.8) is 0 Å². The Morgan fingerprint density at radius 3 is 2.40 bits per heavy atom. The van der Waals surface area contributed by atoms with Crippen molar-refractivity contribution in [3.05, 3.63) is 45.6 Å². The number of hydrogen-bond acceptors (Lipinski definition) is 6. The Morgan fingerprint density at radius 2 is 1.80 bits per heavy atom. The van der Waals surface area contributed by atoms with Gasteiger partial charge in [0, 0.05) is 40.2 Å². The molecule has 10 nitrogen and oxygen atoms in total. The predicted molar refractivity (Wildman–Crippen MR) is 144 cm³/mol. The first-order valence-corrected chi connectivity index (χ1v) is 13.7. The third-order valence-corrected chi connectivity index (χ3v) is 8.50. The zero-order valence-electron chi connectivity index (χ0n) is 20.2. The van der Waals surface area contributed by atoms with Crippen LogP contribution >= 0.6 is 34.4 Å². The number of hydrazine groups is 1. The van der Waals surface area contributed by atoms with Crippen molar-refractivity contribution in [1.82, 2.24) is 29.8 Å². The topological polar surface area (TPSA) is 103 Å². The van der Waals surface area contributed by atoms with Crippen LogP contribution in [-0.2, 0) is 11.3 Å². The van der Waals surface area contributed by atoms with Crippen LogP contribution in [0.4, 0.5) is 15.3 Å². The number of benzene rings is 1. The van der Waals surface area contributed by atoms with Crippen molar-refractivity contribution in [2.24, 2.45) is 0 Å². The fraction of sp³-hybridized carbons (Fsp3) is 0.478. The van der Waals surface area contributed by atoms with Crippen LogP contribution in [0, 0.1) is 10.5 Å². The molecule has 2 aromatic rings. The lowest BCUT2D eigenvalue weighted by molar-refractivity contribution is -0.137. The van der Waals surface area contributed by atoms with Crippen LogP contribution in [0.2, 0.25) is 0 Å². The van der Waals surface area contributed by atoms with Gasteiger partial charge in [-0.3, -0.25) is 9.80 Å². The summed E-state index contributed by atoms with van der Waals surface area (Å²) in [5.41, 5.74) is 1.53. The lowest BCUT2D eigenvalue weighted by atomic mass is 10.0. The Balaban J connectivity index is 1.38. The normalized spacial score (nSPS) is 17.3. The SMILES string of the molecule is CSC(C)(C)[C@@H](NC(=O)Nc1ccc(I)cc1)C(=O)N1CCN(N2Cc3cnc(C)n3C2=O)CC1. The molecule has 0 unspecified atom stereocenters. The Hall–Kier alpha value is -2.32. The second-order valence-electron chi connectivity index (χ2n) is 9.10. The zero-order chi connectivity index (χ0) is 25.3. The summed E-state index contributed by atoms with van der Waals surface area (Å²) < 4.78 is 2.18. The number of aromatic nitrogens is 2. The third-order valence-electron chi connectivity index (χ3n) is 6.49. The summed E-state index contributed by atoms with van der Waals surface area (Å²) in [6.07, 6.45) is 3.66. The van der Waals surface area contributed by atoms with Crippen molar-refractivity contribution in [2.75, 3.05) is 37.8 Å². The highest BCUT2D eigenvalue weighted by Gasteiger charge is 2.41. The van der Waals surface area contributed by atoms with Crippen molar-refractivity contribution in [3.8, 4) is 0 Å². The third kappa shape index (κ3) is 5.43. The second-order valence-corrected chi connectivity index (χ2v) is 11.8. The van der Waals surface area contributed by atoms with E-state index in [0.717, 1.165) is 9.26 Å². The van der Waals surface area contributed by atoms with E-state index in [9.17, 15) is 14.4 Å². The molecule has 0 spiro atoms. The van der Waals surface area contributed by atoms with E-state index in [1.165, 1.54) is 11.8 Å². The number of carbonyl (C=O) groups excluding carboxylic acids is 3. The van der Waals surface area contributed by atoms with Gasteiger partial charge >= 0.3 is 12.1 Å². The van der Waals surface area contributed by atoms with Crippen LogP contribution in [0.15, 0.2) is 30.5 Å². The minimum absolute atomic E-state index is 0.106. The highest BCUT2D eigenvalue weighted by atomic mass is 127. The van der Waals surface area contributed by atoms with Gasteiger partial charge in [-0.2, -0.15) is 11.8 Å². The number of imidazole rings is 1. The molecular formula is C23H30IN7O3S.